The van der Waals surface area contributed by atoms with Gasteiger partial charge in [0.1, 0.15) is 29.9 Å². The van der Waals surface area contributed by atoms with E-state index in [-0.39, 0.29) is 31.4 Å². The lowest BCUT2D eigenvalue weighted by Crippen LogP contribution is -2.57. The zero-order chi connectivity index (χ0) is 28.0. The summed E-state index contributed by atoms with van der Waals surface area (Å²) in [7, 11) is 0. The number of aliphatic carboxylic acids is 1. The molecule has 1 aromatic rings. The van der Waals surface area contributed by atoms with Crippen molar-refractivity contribution in [2.45, 2.75) is 62.7 Å². The fraction of sp³-hybridized carbons (Fsp3) is 0.522. The molecule has 0 fully saturated rings. The Hall–Kier alpha value is -3.75. The number of unbranched alkanes of at least 4 members (excludes halogenated alkanes) is 1. The first-order chi connectivity index (χ1) is 17.5. The second-order valence-electron chi connectivity index (χ2n) is 8.47. The molecule has 0 aromatic heterocycles. The summed E-state index contributed by atoms with van der Waals surface area (Å²) >= 11 is 0. The van der Waals surface area contributed by atoms with Crippen molar-refractivity contribution in [3.05, 3.63) is 29.8 Å². The Morgan fingerprint density at radius 2 is 1.38 bits per heavy atom. The monoisotopic (exact) mass is 524 g/mol. The second kappa shape index (κ2) is 16.1. The Kier molecular flexibility index (Phi) is 13.6. The van der Waals surface area contributed by atoms with Crippen molar-refractivity contribution in [1.82, 2.24) is 16.0 Å². The van der Waals surface area contributed by atoms with Gasteiger partial charge in [-0.15, -0.1) is 0 Å². The normalized spacial score (nSPS) is 14.0. The molecule has 4 amide bonds. The van der Waals surface area contributed by atoms with Crippen LogP contribution in [0.15, 0.2) is 24.3 Å². The minimum atomic E-state index is -1.33. The number of carbonyl (C=O) groups excluding carboxylic acids is 4. The molecule has 0 spiro atoms. The minimum Gasteiger partial charge on any atom is -0.508 e. The molecule has 0 heterocycles. The standard InChI is InChI=1S/C23H36N6O8/c24-10-2-1-3-16(21(34)29-18(23(36)37)11-13-4-6-14(31)7-5-13)28-22(35)17(8-9-19(26)32)27-20(33)15(25)12-30/h4-7,15-18,30-31H,1-3,8-12,24-25H2,(H2,26,32)(H,27,33)(H,28,35)(H,29,34)(H,36,37). The van der Waals surface area contributed by atoms with Gasteiger partial charge >= 0.3 is 5.97 Å². The maximum absolute atomic E-state index is 13.0. The van der Waals surface area contributed by atoms with E-state index in [0.717, 1.165) is 0 Å². The van der Waals surface area contributed by atoms with E-state index in [1.54, 1.807) is 0 Å². The number of hydrogen-bond donors (Lipinski definition) is 9. The molecule has 14 nitrogen and oxygen atoms in total. The number of rotatable bonds is 17. The summed E-state index contributed by atoms with van der Waals surface area (Å²) in [5.41, 5.74) is 16.7. The summed E-state index contributed by atoms with van der Waals surface area (Å²) in [6, 6.07) is 0.671. The highest BCUT2D eigenvalue weighted by Crippen LogP contribution is 2.12. The molecule has 37 heavy (non-hydrogen) atoms. The van der Waals surface area contributed by atoms with Crippen LogP contribution in [0, 0.1) is 0 Å². The number of aliphatic hydroxyl groups excluding tert-OH is 1. The first kappa shape index (κ1) is 31.3. The van der Waals surface area contributed by atoms with E-state index in [0.29, 0.717) is 24.9 Å². The lowest BCUT2D eigenvalue weighted by molar-refractivity contribution is -0.142. The molecule has 0 radical (unpaired) electrons. The van der Waals surface area contributed by atoms with Gasteiger partial charge in [0.15, 0.2) is 0 Å². The fourth-order valence-corrected chi connectivity index (χ4v) is 3.29. The number of hydrogen-bond acceptors (Lipinski definition) is 9. The van der Waals surface area contributed by atoms with Crippen LogP contribution in [0.5, 0.6) is 5.75 Å². The molecule has 0 aliphatic heterocycles. The summed E-state index contributed by atoms with van der Waals surface area (Å²) < 4.78 is 0. The number of aromatic hydroxyl groups is 1. The van der Waals surface area contributed by atoms with Crippen LogP contribution in [0.1, 0.15) is 37.7 Å². The number of phenols is 1. The molecule has 12 N–H and O–H groups in total. The average Bonchev–Trinajstić information content (AvgIpc) is 2.85. The van der Waals surface area contributed by atoms with Crippen LogP contribution in [0.2, 0.25) is 0 Å². The van der Waals surface area contributed by atoms with Crippen LogP contribution in [0.3, 0.4) is 0 Å². The van der Waals surface area contributed by atoms with E-state index in [4.69, 9.17) is 22.3 Å². The van der Waals surface area contributed by atoms with Crippen molar-refractivity contribution in [2.24, 2.45) is 17.2 Å². The molecule has 1 aromatic carbocycles. The Morgan fingerprint density at radius 3 is 1.89 bits per heavy atom. The van der Waals surface area contributed by atoms with Crippen molar-refractivity contribution >= 4 is 29.6 Å². The number of carbonyl (C=O) groups is 5. The SMILES string of the molecule is NCCCCC(NC(=O)C(CCC(N)=O)NC(=O)C(N)CO)C(=O)NC(Cc1ccc(O)cc1)C(=O)O. The highest BCUT2D eigenvalue weighted by atomic mass is 16.4. The van der Waals surface area contributed by atoms with Gasteiger partial charge in [-0.2, -0.15) is 0 Å². The van der Waals surface area contributed by atoms with Gasteiger partial charge in [0, 0.05) is 12.8 Å². The van der Waals surface area contributed by atoms with Crippen molar-refractivity contribution in [3.63, 3.8) is 0 Å². The third-order valence-corrected chi connectivity index (χ3v) is 5.42. The van der Waals surface area contributed by atoms with Crippen LogP contribution >= 0.6 is 0 Å². The first-order valence-corrected chi connectivity index (χ1v) is 11.7. The van der Waals surface area contributed by atoms with Gasteiger partial charge in [0.25, 0.3) is 0 Å². The predicted molar refractivity (Wildman–Crippen MR) is 132 cm³/mol. The zero-order valence-corrected chi connectivity index (χ0v) is 20.4. The second-order valence-corrected chi connectivity index (χ2v) is 8.47. The van der Waals surface area contributed by atoms with Crippen LogP contribution in [-0.2, 0) is 30.4 Å². The third kappa shape index (κ3) is 11.7. The van der Waals surface area contributed by atoms with Crippen LogP contribution < -0.4 is 33.2 Å². The number of phenolic OH excluding ortho intramolecular Hbond substituents is 1. The smallest absolute Gasteiger partial charge is 0.326 e. The topological polar surface area (TPSA) is 260 Å². The summed E-state index contributed by atoms with van der Waals surface area (Å²) in [5, 5.41) is 35.3. The number of aliphatic hydroxyl groups is 1. The number of carboxylic acids is 1. The summed E-state index contributed by atoms with van der Waals surface area (Å²) in [6.07, 6.45) is 0.542. The molecule has 0 saturated heterocycles. The van der Waals surface area contributed by atoms with E-state index in [1.165, 1.54) is 24.3 Å². The summed E-state index contributed by atoms with van der Waals surface area (Å²) in [5.74, 6) is -4.48. The average molecular weight is 525 g/mol. The highest BCUT2D eigenvalue weighted by molar-refractivity contribution is 5.94. The number of primary amides is 1. The Labute approximate surface area is 213 Å². The lowest BCUT2D eigenvalue weighted by atomic mass is 10.0. The maximum Gasteiger partial charge on any atom is 0.326 e. The Bertz CT molecular complexity index is 926. The van der Waals surface area contributed by atoms with E-state index in [1.807, 2.05) is 0 Å². The molecule has 0 aliphatic carbocycles. The molecular weight excluding hydrogens is 488 g/mol. The van der Waals surface area contributed by atoms with Gasteiger partial charge < -0.3 is 48.5 Å². The van der Waals surface area contributed by atoms with Gasteiger partial charge in [-0.25, -0.2) is 4.79 Å². The highest BCUT2D eigenvalue weighted by Gasteiger charge is 2.30. The van der Waals surface area contributed by atoms with Crippen LogP contribution in [0.4, 0.5) is 0 Å². The number of amides is 4. The van der Waals surface area contributed by atoms with Gasteiger partial charge in [0.2, 0.25) is 23.6 Å². The first-order valence-electron chi connectivity index (χ1n) is 11.7. The van der Waals surface area contributed by atoms with Gasteiger partial charge in [-0.05, 0) is 49.9 Å². The summed E-state index contributed by atoms with van der Waals surface area (Å²) in [6.45, 7) is -0.352. The molecular formula is C23H36N6O8. The van der Waals surface area contributed by atoms with E-state index in [2.05, 4.69) is 16.0 Å². The molecule has 14 heteroatoms. The van der Waals surface area contributed by atoms with Crippen LogP contribution in [-0.4, -0.2) is 82.2 Å². The largest absolute Gasteiger partial charge is 0.508 e. The molecule has 0 bridgehead atoms. The van der Waals surface area contributed by atoms with Gasteiger partial charge in [0.05, 0.1) is 6.61 Å². The number of benzene rings is 1. The van der Waals surface area contributed by atoms with Crippen molar-refractivity contribution in [3.8, 4) is 5.75 Å². The van der Waals surface area contributed by atoms with Gasteiger partial charge in [-0.3, -0.25) is 19.2 Å². The van der Waals surface area contributed by atoms with Gasteiger partial charge in [-0.1, -0.05) is 12.1 Å². The Balaban J connectivity index is 3.03. The molecule has 1 rings (SSSR count). The van der Waals surface area contributed by atoms with E-state index < -0.39 is 60.4 Å². The zero-order valence-electron chi connectivity index (χ0n) is 20.4. The van der Waals surface area contributed by atoms with E-state index >= 15 is 0 Å². The predicted octanol–water partition coefficient (Wildman–Crippen LogP) is -2.81. The molecule has 4 atom stereocenters. The number of carboxylic acid groups (broad SMARTS) is 1. The lowest BCUT2D eigenvalue weighted by Gasteiger charge is -2.25. The fourth-order valence-electron chi connectivity index (χ4n) is 3.29. The molecule has 4 unspecified atom stereocenters. The van der Waals surface area contributed by atoms with Crippen molar-refractivity contribution in [2.75, 3.05) is 13.2 Å². The van der Waals surface area contributed by atoms with Crippen LogP contribution in [0.25, 0.3) is 0 Å². The quantitative estimate of drug-likeness (QED) is 0.0944. The van der Waals surface area contributed by atoms with E-state index in [9.17, 15) is 34.2 Å². The summed E-state index contributed by atoms with van der Waals surface area (Å²) in [4.78, 5) is 61.1. The number of nitrogens with one attached hydrogen (secondary N) is 3. The molecule has 206 valence electrons. The maximum atomic E-state index is 13.0. The Morgan fingerprint density at radius 1 is 0.838 bits per heavy atom. The molecule has 0 aliphatic rings. The minimum absolute atomic E-state index is 0.000247. The van der Waals surface area contributed by atoms with Crippen molar-refractivity contribution < 1.29 is 39.3 Å². The van der Waals surface area contributed by atoms with Crippen molar-refractivity contribution in [1.29, 1.82) is 0 Å². The number of nitrogens with two attached hydrogens (primary N) is 3. The molecule has 0 saturated carbocycles. The third-order valence-electron chi connectivity index (χ3n) is 5.42.